The SMILES string of the molecule is Cn1cc(C(=O)C(=O)c2ccc(Cl)cc2)c2ccccc21. The van der Waals surface area contributed by atoms with Gasteiger partial charge in [0.2, 0.25) is 11.6 Å². The Morgan fingerprint density at radius 2 is 1.62 bits per heavy atom. The lowest BCUT2D eigenvalue weighted by atomic mass is 10.0. The van der Waals surface area contributed by atoms with E-state index in [0.29, 0.717) is 16.1 Å². The molecule has 0 fully saturated rings. The molecule has 21 heavy (non-hydrogen) atoms. The number of fused-ring (bicyclic) bond motifs is 1. The van der Waals surface area contributed by atoms with Crippen molar-refractivity contribution >= 4 is 34.1 Å². The maximum absolute atomic E-state index is 12.5. The van der Waals surface area contributed by atoms with E-state index >= 15 is 0 Å². The van der Waals surface area contributed by atoms with E-state index in [1.54, 1.807) is 30.5 Å². The molecule has 0 unspecified atom stereocenters. The van der Waals surface area contributed by atoms with E-state index in [2.05, 4.69) is 0 Å². The summed E-state index contributed by atoms with van der Waals surface area (Å²) < 4.78 is 1.84. The summed E-state index contributed by atoms with van der Waals surface area (Å²) in [6.45, 7) is 0. The van der Waals surface area contributed by atoms with E-state index in [0.717, 1.165) is 10.9 Å². The Balaban J connectivity index is 2.04. The van der Waals surface area contributed by atoms with Crippen LogP contribution in [0.3, 0.4) is 0 Å². The molecule has 0 spiro atoms. The number of halogens is 1. The third-order valence-electron chi connectivity index (χ3n) is 3.45. The first-order valence-corrected chi connectivity index (χ1v) is 6.84. The van der Waals surface area contributed by atoms with Crippen molar-refractivity contribution in [1.29, 1.82) is 0 Å². The average molecular weight is 298 g/mol. The monoisotopic (exact) mass is 297 g/mol. The van der Waals surface area contributed by atoms with Crippen molar-refractivity contribution < 1.29 is 9.59 Å². The van der Waals surface area contributed by atoms with Crippen LogP contribution in [-0.4, -0.2) is 16.1 Å². The maximum atomic E-state index is 12.5. The molecule has 0 aliphatic rings. The summed E-state index contributed by atoms with van der Waals surface area (Å²) in [5.41, 5.74) is 1.69. The summed E-state index contributed by atoms with van der Waals surface area (Å²) in [7, 11) is 1.85. The summed E-state index contributed by atoms with van der Waals surface area (Å²) in [4.78, 5) is 24.8. The van der Waals surface area contributed by atoms with Crippen LogP contribution in [0.4, 0.5) is 0 Å². The van der Waals surface area contributed by atoms with E-state index in [1.165, 1.54) is 0 Å². The van der Waals surface area contributed by atoms with Crippen LogP contribution in [0.5, 0.6) is 0 Å². The summed E-state index contributed by atoms with van der Waals surface area (Å²) in [5, 5.41) is 1.32. The molecule has 0 saturated heterocycles. The molecule has 0 radical (unpaired) electrons. The number of aromatic nitrogens is 1. The van der Waals surface area contributed by atoms with Crippen LogP contribution >= 0.6 is 11.6 Å². The van der Waals surface area contributed by atoms with Gasteiger partial charge in [0.05, 0.1) is 5.56 Å². The number of benzene rings is 2. The topological polar surface area (TPSA) is 39.1 Å². The lowest BCUT2D eigenvalue weighted by molar-refractivity contribution is 0.0818. The van der Waals surface area contributed by atoms with E-state index in [1.807, 2.05) is 35.9 Å². The number of ketones is 2. The van der Waals surface area contributed by atoms with Crippen molar-refractivity contribution in [3.05, 3.63) is 70.9 Å². The maximum Gasteiger partial charge on any atom is 0.235 e. The Labute approximate surface area is 126 Å². The van der Waals surface area contributed by atoms with Crippen LogP contribution in [0.15, 0.2) is 54.7 Å². The zero-order valence-corrected chi connectivity index (χ0v) is 12.1. The van der Waals surface area contributed by atoms with Crippen LogP contribution in [0.2, 0.25) is 5.02 Å². The average Bonchev–Trinajstić information content (AvgIpc) is 2.84. The molecular weight excluding hydrogens is 286 g/mol. The summed E-state index contributed by atoms with van der Waals surface area (Å²) >= 11 is 5.79. The van der Waals surface area contributed by atoms with Crippen molar-refractivity contribution in [2.75, 3.05) is 0 Å². The minimum absolute atomic E-state index is 0.345. The molecule has 3 rings (SSSR count). The fourth-order valence-corrected chi connectivity index (χ4v) is 2.50. The van der Waals surface area contributed by atoms with Gasteiger partial charge in [0.25, 0.3) is 0 Å². The number of carbonyl (C=O) groups excluding carboxylic acids is 2. The lowest BCUT2D eigenvalue weighted by Gasteiger charge is -2.00. The number of hydrogen-bond acceptors (Lipinski definition) is 2. The number of aryl methyl sites for hydroxylation is 1. The smallest absolute Gasteiger partial charge is 0.235 e. The molecule has 0 amide bonds. The summed E-state index contributed by atoms with van der Waals surface area (Å²) in [6.07, 6.45) is 1.70. The van der Waals surface area contributed by atoms with Gasteiger partial charge >= 0.3 is 0 Å². The Hall–Kier alpha value is -2.39. The highest BCUT2D eigenvalue weighted by atomic mass is 35.5. The van der Waals surface area contributed by atoms with Gasteiger partial charge in [-0.05, 0) is 30.3 Å². The van der Waals surface area contributed by atoms with Gasteiger partial charge in [-0.1, -0.05) is 29.8 Å². The van der Waals surface area contributed by atoms with Gasteiger partial charge in [0.1, 0.15) is 0 Å². The van der Waals surface area contributed by atoms with Gasteiger partial charge in [-0.15, -0.1) is 0 Å². The van der Waals surface area contributed by atoms with Crippen molar-refractivity contribution in [3.63, 3.8) is 0 Å². The van der Waals surface area contributed by atoms with Gasteiger partial charge < -0.3 is 4.57 Å². The summed E-state index contributed by atoms with van der Waals surface area (Å²) in [6, 6.07) is 13.8. The van der Waals surface area contributed by atoms with Crippen molar-refractivity contribution in [2.45, 2.75) is 0 Å². The van der Waals surface area contributed by atoms with E-state index in [4.69, 9.17) is 11.6 Å². The molecule has 3 aromatic rings. The molecular formula is C17H12ClNO2. The number of carbonyl (C=O) groups is 2. The first-order valence-electron chi connectivity index (χ1n) is 6.46. The lowest BCUT2D eigenvalue weighted by Crippen LogP contribution is -2.14. The first kappa shape index (κ1) is 13.6. The Morgan fingerprint density at radius 1 is 0.952 bits per heavy atom. The van der Waals surface area contributed by atoms with Crippen LogP contribution in [-0.2, 0) is 7.05 Å². The number of para-hydroxylation sites is 1. The minimum Gasteiger partial charge on any atom is -0.350 e. The fourth-order valence-electron chi connectivity index (χ4n) is 2.38. The van der Waals surface area contributed by atoms with E-state index in [9.17, 15) is 9.59 Å². The quantitative estimate of drug-likeness (QED) is 0.543. The molecule has 0 N–H and O–H groups in total. The van der Waals surface area contributed by atoms with Gasteiger partial charge in [0, 0.05) is 34.7 Å². The Bertz CT molecular complexity index is 847. The Morgan fingerprint density at radius 3 is 2.33 bits per heavy atom. The molecule has 0 bridgehead atoms. The zero-order valence-electron chi connectivity index (χ0n) is 11.3. The molecule has 0 saturated carbocycles. The first-order chi connectivity index (χ1) is 10.1. The molecule has 0 aliphatic heterocycles. The largest absolute Gasteiger partial charge is 0.350 e. The van der Waals surface area contributed by atoms with Crippen LogP contribution < -0.4 is 0 Å². The molecule has 1 heterocycles. The highest BCUT2D eigenvalue weighted by molar-refractivity contribution is 6.51. The molecule has 2 aromatic carbocycles. The van der Waals surface area contributed by atoms with Crippen molar-refractivity contribution in [3.8, 4) is 0 Å². The minimum atomic E-state index is -0.525. The highest BCUT2D eigenvalue weighted by Gasteiger charge is 2.22. The van der Waals surface area contributed by atoms with Crippen molar-refractivity contribution in [1.82, 2.24) is 4.57 Å². The normalized spacial score (nSPS) is 10.8. The molecule has 1 aromatic heterocycles. The van der Waals surface area contributed by atoms with Crippen LogP contribution in [0.25, 0.3) is 10.9 Å². The predicted octanol–water partition coefficient (Wildman–Crippen LogP) is 3.90. The Kier molecular flexibility index (Phi) is 3.35. The zero-order chi connectivity index (χ0) is 15.0. The van der Waals surface area contributed by atoms with Gasteiger partial charge in [-0.2, -0.15) is 0 Å². The van der Waals surface area contributed by atoms with Crippen LogP contribution in [0, 0.1) is 0 Å². The van der Waals surface area contributed by atoms with Crippen molar-refractivity contribution in [2.24, 2.45) is 7.05 Å². The van der Waals surface area contributed by atoms with E-state index < -0.39 is 11.6 Å². The predicted molar refractivity (Wildman–Crippen MR) is 83.0 cm³/mol. The van der Waals surface area contributed by atoms with E-state index in [-0.39, 0.29) is 0 Å². The molecule has 3 nitrogen and oxygen atoms in total. The second kappa shape index (κ2) is 5.19. The third kappa shape index (κ3) is 2.36. The van der Waals surface area contributed by atoms with Gasteiger partial charge in [-0.3, -0.25) is 9.59 Å². The number of hydrogen-bond donors (Lipinski definition) is 0. The summed E-state index contributed by atoms with van der Waals surface area (Å²) in [5.74, 6) is -1.03. The number of Topliss-reactive ketones (excluding diaryl/α,β-unsaturated/α-hetero) is 2. The number of rotatable bonds is 3. The third-order valence-corrected chi connectivity index (χ3v) is 3.71. The highest BCUT2D eigenvalue weighted by Crippen LogP contribution is 2.22. The number of nitrogens with zero attached hydrogens (tertiary/aromatic N) is 1. The van der Waals surface area contributed by atoms with Gasteiger partial charge in [-0.25, -0.2) is 0 Å². The van der Waals surface area contributed by atoms with Crippen LogP contribution in [0.1, 0.15) is 20.7 Å². The molecule has 0 aliphatic carbocycles. The van der Waals surface area contributed by atoms with Gasteiger partial charge in [0.15, 0.2) is 0 Å². The molecule has 0 atom stereocenters. The molecule has 4 heteroatoms. The molecule has 104 valence electrons. The fraction of sp³-hybridized carbons (Fsp3) is 0.0588. The second-order valence-corrected chi connectivity index (χ2v) is 5.27. The standard InChI is InChI=1S/C17H12ClNO2/c1-19-10-14(13-4-2-3-5-15(13)19)17(21)16(20)11-6-8-12(18)9-7-11/h2-10H,1H3. The second-order valence-electron chi connectivity index (χ2n) is 4.84.